The first-order valence-electron chi connectivity index (χ1n) is 5.86. The van der Waals surface area contributed by atoms with E-state index in [-0.39, 0.29) is 18.6 Å². The van der Waals surface area contributed by atoms with E-state index in [0.29, 0.717) is 0 Å². The van der Waals surface area contributed by atoms with Crippen molar-refractivity contribution in [2.45, 2.75) is 31.4 Å². The normalized spacial score (nSPS) is 21.5. The molecule has 0 aromatic carbocycles. The van der Waals surface area contributed by atoms with Gasteiger partial charge in [0.25, 0.3) is 0 Å². The Balaban J connectivity index is 1.88. The molecule has 0 saturated carbocycles. The SMILES string of the molecule is O=C(O)CC(NCC1CCCO1)c1cccs1. The molecule has 4 nitrogen and oxygen atoms in total. The Bertz CT molecular complexity index is 347. The van der Waals surface area contributed by atoms with Gasteiger partial charge in [0.1, 0.15) is 0 Å². The van der Waals surface area contributed by atoms with E-state index in [1.807, 2.05) is 17.5 Å². The molecule has 1 fully saturated rings. The van der Waals surface area contributed by atoms with Crippen molar-refractivity contribution in [1.82, 2.24) is 5.32 Å². The number of aliphatic carboxylic acids is 1. The maximum atomic E-state index is 10.8. The summed E-state index contributed by atoms with van der Waals surface area (Å²) in [5.74, 6) is -0.775. The van der Waals surface area contributed by atoms with Gasteiger partial charge in [-0.2, -0.15) is 0 Å². The van der Waals surface area contributed by atoms with Crippen LogP contribution in [0.25, 0.3) is 0 Å². The third-order valence-corrected chi connectivity index (χ3v) is 3.87. The average molecular weight is 255 g/mol. The van der Waals surface area contributed by atoms with Crippen molar-refractivity contribution in [1.29, 1.82) is 0 Å². The number of hydrogen-bond donors (Lipinski definition) is 2. The van der Waals surface area contributed by atoms with Crippen molar-refractivity contribution >= 4 is 17.3 Å². The lowest BCUT2D eigenvalue weighted by Gasteiger charge is -2.18. The maximum Gasteiger partial charge on any atom is 0.305 e. The van der Waals surface area contributed by atoms with Crippen LogP contribution >= 0.6 is 11.3 Å². The summed E-state index contributed by atoms with van der Waals surface area (Å²) >= 11 is 1.59. The summed E-state index contributed by atoms with van der Waals surface area (Å²) in [6.07, 6.45) is 2.53. The summed E-state index contributed by atoms with van der Waals surface area (Å²) < 4.78 is 5.52. The van der Waals surface area contributed by atoms with Crippen molar-refractivity contribution in [2.24, 2.45) is 0 Å². The smallest absolute Gasteiger partial charge is 0.305 e. The third-order valence-electron chi connectivity index (χ3n) is 2.88. The predicted octanol–water partition coefficient (Wildman–Crippen LogP) is 2.03. The van der Waals surface area contributed by atoms with Crippen LogP contribution in [0.2, 0.25) is 0 Å². The second-order valence-corrected chi connectivity index (χ2v) is 5.19. The molecule has 0 radical (unpaired) electrons. The largest absolute Gasteiger partial charge is 0.481 e. The highest BCUT2D eigenvalue weighted by atomic mass is 32.1. The molecule has 2 atom stereocenters. The lowest BCUT2D eigenvalue weighted by Crippen LogP contribution is -2.31. The quantitative estimate of drug-likeness (QED) is 0.816. The topological polar surface area (TPSA) is 58.6 Å². The number of hydrogen-bond acceptors (Lipinski definition) is 4. The first-order valence-corrected chi connectivity index (χ1v) is 6.74. The monoisotopic (exact) mass is 255 g/mol. The molecule has 17 heavy (non-hydrogen) atoms. The van der Waals surface area contributed by atoms with Crippen LogP contribution < -0.4 is 5.32 Å². The van der Waals surface area contributed by atoms with E-state index in [1.54, 1.807) is 11.3 Å². The first kappa shape index (κ1) is 12.5. The fourth-order valence-corrected chi connectivity index (χ4v) is 2.82. The lowest BCUT2D eigenvalue weighted by atomic mass is 10.1. The van der Waals surface area contributed by atoms with Crippen LogP contribution in [0.15, 0.2) is 17.5 Å². The molecule has 1 saturated heterocycles. The van der Waals surface area contributed by atoms with Crippen molar-refractivity contribution in [2.75, 3.05) is 13.2 Å². The van der Waals surface area contributed by atoms with Gasteiger partial charge in [-0.1, -0.05) is 6.07 Å². The zero-order valence-corrected chi connectivity index (χ0v) is 10.4. The van der Waals surface area contributed by atoms with E-state index in [1.165, 1.54) is 0 Å². The molecule has 5 heteroatoms. The molecule has 94 valence electrons. The minimum atomic E-state index is -0.775. The highest BCUT2D eigenvalue weighted by molar-refractivity contribution is 7.10. The van der Waals surface area contributed by atoms with E-state index >= 15 is 0 Å². The number of carboxylic acids is 1. The van der Waals surface area contributed by atoms with E-state index in [4.69, 9.17) is 9.84 Å². The number of carbonyl (C=O) groups is 1. The van der Waals surface area contributed by atoms with Crippen LogP contribution in [0.3, 0.4) is 0 Å². The van der Waals surface area contributed by atoms with Gasteiger partial charge in [-0.05, 0) is 24.3 Å². The van der Waals surface area contributed by atoms with Crippen LogP contribution in [-0.2, 0) is 9.53 Å². The molecule has 2 unspecified atom stereocenters. The summed E-state index contributed by atoms with van der Waals surface area (Å²) in [4.78, 5) is 11.9. The Morgan fingerprint density at radius 3 is 3.18 bits per heavy atom. The van der Waals surface area contributed by atoms with Crippen LogP contribution in [-0.4, -0.2) is 30.3 Å². The Morgan fingerprint density at radius 2 is 2.59 bits per heavy atom. The van der Waals surface area contributed by atoms with E-state index in [2.05, 4.69) is 5.32 Å². The molecule has 0 bridgehead atoms. The zero-order chi connectivity index (χ0) is 12.1. The standard InChI is InChI=1S/C12H17NO3S/c14-12(15)7-10(11-4-2-6-17-11)13-8-9-3-1-5-16-9/h2,4,6,9-10,13H,1,3,5,7-8H2,(H,14,15). The maximum absolute atomic E-state index is 10.8. The van der Waals surface area contributed by atoms with E-state index < -0.39 is 5.97 Å². The number of nitrogens with one attached hydrogen (secondary N) is 1. The van der Waals surface area contributed by atoms with Gasteiger partial charge in [-0.3, -0.25) is 4.79 Å². The summed E-state index contributed by atoms with van der Waals surface area (Å²) in [5.41, 5.74) is 0. The Hall–Kier alpha value is -0.910. The summed E-state index contributed by atoms with van der Waals surface area (Å²) in [7, 11) is 0. The summed E-state index contributed by atoms with van der Waals surface area (Å²) in [6.45, 7) is 1.56. The van der Waals surface area contributed by atoms with Gasteiger partial charge < -0.3 is 15.2 Å². The molecular weight excluding hydrogens is 238 g/mol. The molecule has 0 aliphatic carbocycles. The highest BCUT2D eigenvalue weighted by Gasteiger charge is 2.20. The Kier molecular flexibility index (Phi) is 4.53. The van der Waals surface area contributed by atoms with Crippen LogP contribution in [0, 0.1) is 0 Å². The van der Waals surface area contributed by atoms with Crippen molar-refractivity contribution < 1.29 is 14.6 Å². The molecule has 2 rings (SSSR count). The van der Waals surface area contributed by atoms with Gasteiger partial charge in [0.05, 0.1) is 18.6 Å². The van der Waals surface area contributed by atoms with Crippen LogP contribution in [0.5, 0.6) is 0 Å². The van der Waals surface area contributed by atoms with Crippen LogP contribution in [0.4, 0.5) is 0 Å². The van der Waals surface area contributed by atoms with Crippen molar-refractivity contribution in [3.8, 4) is 0 Å². The summed E-state index contributed by atoms with van der Waals surface area (Å²) in [5, 5.41) is 14.2. The van der Waals surface area contributed by atoms with Crippen LogP contribution in [0.1, 0.15) is 30.2 Å². The van der Waals surface area contributed by atoms with Gasteiger partial charge in [-0.15, -0.1) is 11.3 Å². The molecule has 2 N–H and O–H groups in total. The molecule has 1 aliphatic heterocycles. The first-order chi connectivity index (χ1) is 8.25. The Labute approximate surface area is 105 Å². The van der Waals surface area contributed by atoms with Gasteiger partial charge >= 0.3 is 5.97 Å². The van der Waals surface area contributed by atoms with E-state index in [9.17, 15) is 4.79 Å². The van der Waals surface area contributed by atoms with Gasteiger partial charge in [-0.25, -0.2) is 0 Å². The van der Waals surface area contributed by atoms with Crippen molar-refractivity contribution in [3.63, 3.8) is 0 Å². The second-order valence-electron chi connectivity index (χ2n) is 4.21. The number of carboxylic acid groups (broad SMARTS) is 1. The average Bonchev–Trinajstić information content (AvgIpc) is 2.96. The minimum absolute atomic E-state index is 0.100. The fraction of sp³-hybridized carbons (Fsp3) is 0.583. The lowest BCUT2D eigenvalue weighted by molar-refractivity contribution is -0.137. The molecule has 0 amide bonds. The van der Waals surface area contributed by atoms with Gasteiger partial charge in [0.15, 0.2) is 0 Å². The zero-order valence-electron chi connectivity index (χ0n) is 9.59. The summed E-state index contributed by atoms with van der Waals surface area (Å²) in [6, 6.07) is 3.82. The number of thiophene rings is 1. The second kappa shape index (κ2) is 6.14. The molecule has 0 spiro atoms. The number of ether oxygens (including phenoxy) is 1. The molecule has 1 aliphatic rings. The predicted molar refractivity (Wildman–Crippen MR) is 66.3 cm³/mol. The molecule has 1 aromatic rings. The number of rotatable bonds is 6. The third kappa shape index (κ3) is 3.80. The van der Waals surface area contributed by atoms with Gasteiger partial charge in [0.2, 0.25) is 0 Å². The molecule has 2 heterocycles. The fourth-order valence-electron chi connectivity index (χ4n) is 2.02. The Morgan fingerprint density at radius 1 is 1.71 bits per heavy atom. The highest BCUT2D eigenvalue weighted by Crippen LogP contribution is 2.22. The molecular formula is C12H17NO3S. The molecule has 1 aromatic heterocycles. The minimum Gasteiger partial charge on any atom is -0.481 e. The van der Waals surface area contributed by atoms with Crippen molar-refractivity contribution in [3.05, 3.63) is 22.4 Å². The van der Waals surface area contributed by atoms with Gasteiger partial charge in [0, 0.05) is 18.0 Å². The van der Waals surface area contributed by atoms with E-state index in [0.717, 1.165) is 30.9 Å².